The van der Waals surface area contributed by atoms with E-state index in [2.05, 4.69) is 20.8 Å². The Balaban J connectivity index is 1.65. The van der Waals surface area contributed by atoms with Gasteiger partial charge in [0.05, 0.1) is 17.0 Å². The second-order valence-electron chi connectivity index (χ2n) is 5.63. The van der Waals surface area contributed by atoms with Crippen molar-refractivity contribution in [2.24, 2.45) is 0 Å². The predicted molar refractivity (Wildman–Crippen MR) is 94.7 cm³/mol. The highest BCUT2D eigenvalue weighted by Crippen LogP contribution is 2.30. The average Bonchev–Trinajstić information content (AvgIpc) is 3.08. The maximum atomic E-state index is 12.7. The van der Waals surface area contributed by atoms with Crippen LogP contribution in [-0.4, -0.2) is 31.9 Å². The summed E-state index contributed by atoms with van der Waals surface area (Å²) in [5.74, 6) is -0.513. The van der Waals surface area contributed by atoms with Crippen LogP contribution in [-0.2, 0) is 11.0 Å². The van der Waals surface area contributed by atoms with E-state index in [-0.39, 0.29) is 11.4 Å². The summed E-state index contributed by atoms with van der Waals surface area (Å²) in [6.07, 6.45) is -4.47. The lowest BCUT2D eigenvalue weighted by atomic mass is 10.2. The average molecular weight is 393 g/mol. The molecule has 27 heavy (non-hydrogen) atoms. The van der Waals surface area contributed by atoms with Gasteiger partial charge in [0, 0.05) is 5.69 Å². The lowest BCUT2D eigenvalue weighted by Crippen LogP contribution is -2.15. The van der Waals surface area contributed by atoms with Crippen LogP contribution in [0.2, 0.25) is 0 Å². The van der Waals surface area contributed by atoms with E-state index in [1.54, 1.807) is 0 Å². The van der Waals surface area contributed by atoms with Crippen LogP contribution in [0.1, 0.15) is 11.1 Å². The molecule has 0 spiro atoms. The number of hydrogen-bond donors (Lipinski definition) is 1. The zero-order valence-electron chi connectivity index (χ0n) is 14.1. The van der Waals surface area contributed by atoms with Gasteiger partial charge >= 0.3 is 6.18 Å². The normalized spacial score (nSPS) is 11.4. The molecule has 0 saturated carbocycles. The first-order valence-corrected chi connectivity index (χ1v) is 8.77. The van der Waals surface area contributed by atoms with Gasteiger partial charge in [-0.15, -0.1) is 5.10 Å². The summed E-state index contributed by atoms with van der Waals surface area (Å²) in [5.41, 5.74) is 1.03. The number of thioether (sulfide) groups is 1. The highest BCUT2D eigenvalue weighted by atomic mass is 32.2. The van der Waals surface area contributed by atoms with Crippen molar-refractivity contribution >= 4 is 23.4 Å². The molecule has 0 aliphatic rings. The SMILES string of the molecule is Cc1cccc(-n2nnnc2SCC(=O)Nc2cccc(C(F)(F)F)c2)c1. The van der Waals surface area contributed by atoms with Crippen molar-refractivity contribution in [2.75, 3.05) is 11.1 Å². The van der Waals surface area contributed by atoms with Gasteiger partial charge in [-0.1, -0.05) is 30.0 Å². The molecule has 1 amide bonds. The summed E-state index contributed by atoms with van der Waals surface area (Å²) in [4.78, 5) is 12.1. The number of anilines is 1. The number of nitrogens with zero attached hydrogens (tertiary/aromatic N) is 4. The van der Waals surface area contributed by atoms with Crippen molar-refractivity contribution in [1.82, 2.24) is 20.2 Å². The van der Waals surface area contributed by atoms with Crippen LogP contribution < -0.4 is 5.32 Å². The number of carbonyl (C=O) groups excluding carboxylic acids is 1. The molecule has 6 nitrogen and oxygen atoms in total. The van der Waals surface area contributed by atoms with E-state index in [4.69, 9.17) is 0 Å². The molecule has 0 saturated heterocycles. The van der Waals surface area contributed by atoms with Gasteiger partial charge in [0.1, 0.15) is 0 Å². The number of rotatable bonds is 5. The van der Waals surface area contributed by atoms with Gasteiger partial charge in [0.15, 0.2) is 0 Å². The Morgan fingerprint density at radius 3 is 2.70 bits per heavy atom. The molecule has 0 fully saturated rings. The Kier molecular flexibility index (Phi) is 5.45. The summed E-state index contributed by atoms with van der Waals surface area (Å²) < 4.78 is 39.7. The third-order valence-electron chi connectivity index (χ3n) is 3.49. The third-order valence-corrected chi connectivity index (χ3v) is 4.41. The highest BCUT2D eigenvalue weighted by Gasteiger charge is 2.30. The Bertz CT molecular complexity index is 957. The zero-order valence-corrected chi connectivity index (χ0v) is 14.9. The van der Waals surface area contributed by atoms with E-state index in [1.165, 1.54) is 16.8 Å². The molecule has 10 heteroatoms. The van der Waals surface area contributed by atoms with Crippen LogP contribution in [0.15, 0.2) is 53.7 Å². The largest absolute Gasteiger partial charge is 0.416 e. The van der Waals surface area contributed by atoms with Gasteiger partial charge in [-0.05, 0) is 53.2 Å². The topological polar surface area (TPSA) is 72.7 Å². The van der Waals surface area contributed by atoms with E-state index >= 15 is 0 Å². The second-order valence-corrected chi connectivity index (χ2v) is 6.57. The molecule has 1 heterocycles. The second kappa shape index (κ2) is 7.78. The van der Waals surface area contributed by atoms with Crippen molar-refractivity contribution in [2.45, 2.75) is 18.3 Å². The number of tetrazole rings is 1. The minimum Gasteiger partial charge on any atom is -0.325 e. The number of carbonyl (C=O) groups is 1. The number of amides is 1. The molecular formula is C17H14F3N5OS. The third kappa shape index (κ3) is 4.85. The Morgan fingerprint density at radius 2 is 1.96 bits per heavy atom. The van der Waals surface area contributed by atoms with Gasteiger partial charge < -0.3 is 5.32 Å². The van der Waals surface area contributed by atoms with Crippen LogP contribution >= 0.6 is 11.8 Å². The fourth-order valence-electron chi connectivity index (χ4n) is 2.29. The molecule has 0 atom stereocenters. The van der Waals surface area contributed by atoms with Crippen LogP contribution in [0.4, 0.5) is 18.9 Å². The van der Waals surface area contributed by atoms with Gasteiger partial charge in [0.25, 0.3) is 0 Å². The van der Waals surface area contributed by atoms with Crippen LogP contribution in [0, 0.1) is 6.92 Å². The number of halogens is 3. The van der Waals surface area contributed by atoms with E-state index in [0.29, 0.717) is 5.16 Å². The smallest absolute Gasteiger partial charge is 0.325 e. The van der Waals surface area contributed by atoms with Gasteiger partial charge in [0.2, 0.25) is 11.1 Å². The monoisotopic (exact) mass is 393 g/mol. The standard InChI is InChI=1S/C17H14F3N5OS/c1-11-4-2-7-14(8-11)25-16(22-23-24-25)27-10-15(26)21-13-6-3-5-12(9-13)17(18,19)20/h2-9H,10H2,1H3,(H,21,26). The molecule has 0 radical (unpaired) electrons. The van der Waals surface area contributed by atoms with Gasteiger partial charge in [-0.3, -0.25) is 4.79 Å². The maximum Gasteiger partial charge on any atom is 0.416 e. The molecule has 1 aromatic heterocycles. The van der Waals surface area contributed by atoms with Crippen molar-refractivity contribution < 1.29 is 18.0 Å². The van der Waals surface area contributed by atoms with Crippen LogP contribution in [0.25, 0.3) is 5.69 Å². The lowest BCUT2D eigenvalue weighted by Gasteiger charge is -2.10. The molecule has 3 rings (SSSR count). The number of aryl methyl sites for hydroxylation is 1. The minimum atomic E-state index is -4.47. The Morgan fingerprint density at radius 1 is 1.19 bits per heavy atom. The Labute approximate surface area is 156 Å². The molecule has 1 N–H and O–H groups in total. The molecular weight excluding hydrogens is 379 g/mol. The predicted octanol–water partition coefficient (Wildman–Crippen LogP) is 3.72. The highest BCUT2D eigenvalue weighted by molar-refractivity contribution is 7.99. The zero-order chi connectivity index (χ0) is 19.4. The summed E-state index contributed by atoms with van der Waals surface area (Å²) in [5, 5.41) is 14.3. The molecule has 0 bridgehead atoms. The number of hydrogen-bond acceptors (Lipinski definition) is 5. The summed E-state index contributed by atoms with van der Waals surface area (Å²) >= 11 is 1.08. The van der Waals surface area contributed by atoms with Crippen LogP contribution in [0.5, 0.6) is 0 Å². The maximum absolute atomic E-state index is 12.7. The van der Waals surface area contributed by atoms with E-state index in [1.807, 2.05) is 31.2 Å². The van der Waals surface area contributed by atoms with Gasteiger partial charge in [-0.2, -0.15) is 17.9 Å². The number of nitrogens with one attached hydrogen (secondary N) is 1. The minimum absolute atomic E-state index is 0.0531. The quantitative estimate of drug-likeness (QED) is 0.669. The summed E-state index contributed by atoms with van der Waals surface area (Å²) in [6, 6.07) is 12.0. The molecule has 140 valence electrons. The van der Waals surface area contributed by atoms with Gasteiger partial charge in [-0.25, -0.2) is 0 Å². The first-order chi connectivity index (χ1) is 12.8. The lowest BCUT2D eigenvalue weighted by molar-refractivity contribution is -0.137. The number of alkyl halides is 3. The van der Waals surface area contributed by atoms with Crippen molar-refractivity contribution in [3.63, 3.8) is 0 Å². The molecule has 0 aliphatic heterocycles. The van der Waals surface area contributed by atoms with E-state index in [9.17, 15) is 18.0 Å². The van der Waals surface area contributed by atoms with Crippen molar-refractivity contribution in [1.29, 1.82) is 0 Å². The molecule has 3 aromatic rings. The van der Waals surface area contributed by atoms with E-state index < -0.39 is 17.6 Å². The van der Waals surface area contributed by atoms with Crippen molar-refractivity contribution in [3.05, 3.63) is 59.7 Å². The fraction of sp³-hybridized carbons (Fsp3) is 0.176. The van der Waals surface area contributed by atoms with Crippen molar-refractivity contribution in [3.8, 4) is 5.69 Å². The number of aromatic nitrogens is 4. The summed E-state index contributed by atoms with van der Waals surface area (Å²) in [6.45, 7) is 1.93. The number of benzene rings is 2. The van der Waals surface area contributed by atoms with Crippen LogP contribution in [0.3, 0.4) is 0 Å². The molecule has 2 aromatic carbocycles. The first-order valence-electron chi connectivity index (χ1n) is 7.78. The molecule has 0 aliphatic carbocycles. The summed E-state index contributed by atoms with van der Waals surface area (Å²) in [7, 11) is 0. The Hall–Kier alpha value is -2.88. The fourth-order valence-corrected chi connectivity index (χ4v) is 2.98. The molecule has 0 unspecified atom stereocenters. The van der Waals surface area contributed by atoms with E-state index in [0.717, 1.165) is 35.1 Å². The first kappa shape index (κ1) is 18.9.